The lowest BCUT2D eigenvalue weighted by atomic mass is 9.95. The van der Waals surface area contributed by atoms with E-state index in [4.69, 9.17) is 0 Å². The molecule has 3 heterocycles. The number of hydrogen-bond donors (Lipinski definition) is 2. The number of nitrogens with zero attached hydrogens (tertiary/aromatic N) is 4. The number of halogens is 1. The van der Waals surface area contributed by atoms with Gasteiger partial charge in [-0.2, -0.15) is 15.6 Å². The van der Waals surface area contributed by atoms with Gasteiger partial charge in [0.25, 0.3) is 0 Å². The Kier molecular flexibility index (Phi) is 5.29. The summed E-state index contributed by atoms with van der Waals surface area (Å²) in [6, 6.07) is 14.2. The maximum atomic E-state index is 10.0. The molecule has 0 saturated carbocycles. The van der Waals surface area contributed by atoms with E-state index in [0.29, 0.717) is 33.9 Å². The minimum atomic E-state index is 0.439. The minimum Gasteiger partial charge on any atom is -0.369 e. The van der Waals surface area contributed by atoms with Crippen molar-refractivity contribution < 1.29 is 0 Å². The number of nitrogens with one attached hydrogen (secondary N) is 2. The Hall–Kier alpha value is -2.87. The summed E-state index contributed by atoms with van der Waals surface area (Å²) in [5, 5.41) is 31.2. The first-order valence-corrected chi connectivity index (χ1v) is 10.1. The summed E-state index contributed by atoms with van der Waals surface area (Å²) in [5.74, 6) is 1.12. The number of anilines is 1. The van der Waals surface area contributed by atoms with Gasteiger partial charge in [-0.3, -0.25) is 0 Å². The first-order chi connectivity index (χ1) is 13.7. The van der Waals surface area contributed by atoms with Crippen LogP contribution in [0.2, 0.25) is 0 Å². The number of pyridine rings is 1. The molecule has 2 N–H and O–H groups in total. The van der Waals surface area contributed by atoms with Crippen molar-refractivity contribution >= 4 is 27.3 Å². The van der Waals surface area contributed by atoms with Crippen LogP contribution in [0.3, 0.4) is 0 Å². The maximum absolute atomic E-state index is 10.0. The lowest BCUT2D eigenvalue weighted by Gasteiger charge is -2.24. The van der Waals surface area contributed by atoms with Crippen LogP contribution in [0.4, 0.5) is 5.82 Å². The fourth-order valence-corrected chi connectivity index (χ4v) is 4.26. The molecule has 0 bridgehead atoms. The van der Waals surface area contributed by atoms with Gasteiger partial charge in [-0.05, 0) is 53.3 Å². The monoisotopic (exact) mass is 434 g/mol. The summed E-state index contributed by atoms with van der Waals surface area (Å²) < 4.78 is 2.40. The molecule has 3 aromatic rings. The second kappa shape index (κ2) is 8.02. The summed E-state index contributed by atoms with van der Waals surface area (Å²) in [6.07, 6.45) is 3.97. The number of nitriles is 2. The first-order valence-electron chi connectivity index (χ1n) is 9.28. The molecule has 6 nitrogen and oxygen atoms in total. The number of rotatable bonds is 4. The highest BCUT2D eigenvalue weighted by molar-refractivity contribution is 9.10. The molecule has 4 rings (SSSR count). The van der Waals surface area contributed by atoms with Crippen LogP contribution < -0.4 is 10.6 Å². The normalized spacial score (nSPS) is 16.5. The average molecular weight is 435 g/mol. The largest absolute Gasteiger partial charge is 0.369 e. The van der Waals surface area contributed by atoms with Crippen LogP contribution in [0, 0.1) is 28.6 Å². The molecule has 0 spiro atoms. The summed E-state index contributed by atoms with van der Waals surface area (Å²) in [4.78, 5) is 0. The van der Waals surface area contributed by atoms with Crippen LogP contribution in [0.15, 0.2) is 41.0 Å². The molecular formula is C21H19BrN6. The Balaban J connectivity index is 1.91. The molecule has 28 heavy (non-hydrogen) atoms. The zero-order chi connectivity index (χ0) is 19.5. The zero-order valence-corrected chi connectivity index (χ0v) is 16.8. The van der Waals surface area contributed by atoms with Gasteiger partial charge in [-0.25, -0.2) is 4.52 Å². The fourth-order valence-electron chi connectivity index (χ4n) is 3.80. The molecule has 0 aliphatic carbocycles. The zero-order valence-electron chi connectivity index (χ0n) is 15.2. The van der Waals surface area contributed by atoms with Crippen molar-refractivity contribution in [3.05, 3.63) is 52.1 Å². The van der Waals surface area contributed by atoms with Crippen molar-refractivity contribution in [2.75, 3.05) is 25.0 Å². The number of aromatic nitrogens is 2. The molecule has 1 saturated heterocycles. The quantitative estimate of drug-likeness (QED) is 0.649. The van der Waals surface area contributed by atoms with Crippen LogP contribution in [-0.4, -0.2) is 29.2 Å². The Morgan fingerprint density at radius 2 is 2.00 bits per heavy atom. The molecule has 1 aliphatic rings. The van der Waals surface area contributed by atoms with Crippen molar-refractivity contribution in [2.24, 2.45) is 5.92 Å². The van der Waals surface area contributed by atoms with Crippen molar-refractivity contribution in [1.82, 2.24) is 14.9 Å². The second-order valence-corrected chi connectivity index (χ2v) is 7.76. The highest BCUT2D eigenvalue weighted by Gasteiger charge is 2.24. The molecule has 0 amide bonds. The lowest BCUT2D eigenvalue weighted by Crippen LogP contribution is -2.34. The molecule has 1 aliphatic heterocycles. The van der Waals surface area contributed by atoms with Gasteiger partial charge in [-0.1, -0.05) is 30.3 Å². The summed E-state index contributed by atoms with van der Waals surface area (Å²) in [6.45, 7) is 2.77. The van der Waals surface area contributed by atoms with Crippen LogP contribution in [0.1, 0.15) is 24.0 Å². The molecule has 2 aromatic heterocycles. The molecule has 1 fully saturated rings. The third-order valence-electron chi connectivity index (χ3n) is 5.15. The number of hydrogen-bond acceptors (Lipinski definition) is 5. The van der Waals surface area contributed by atoms with Crippen LogP contribution in [0.25, 0.3) is 16.6 Å². The Morgan fingerprint density at radius 1 is 1.21 bits per heavy atom. The Labute approximate surface area is 171 Å². The Morgan fingerprint density at radius 3 is 2.68 bits per heavy atom. The smallest absolute Gasteiger partial charge is 0.146 e. The standard InChI is InChI=1S/C21H19BrN6/c22-18-13-27-28-20(18)16(9-23)19(15-6-2-1-3-7-15)17(10-24)21(28)26-12-14-5-4-8-25-11-14/h1-3,6-7,13-14,25-26H,4-5,8,11-12H2. The third kappa shape index (κ3) is 3.24. The maximum Gasteiger partial charge on any atom is 0.146 e. The van der Waals surface area contributed by atoms with Crippen LogP contribution >= 0.6 is 15.9 Å². The van der Waals surface area contributed by atoms with E-state index in [-0.39, 0.29) is 0 Å². The van der Waals surface area contributed by atoms with Gasteiger partial charge in [0.1, 0.15) is 29.0 Å². The average Bonchev–Trinajstić information content (AvgIpc) is 3.14. The first kappa shape index (κ1) is 18.5. The van der Waals surface area contributed by atoms with E-state index in [1.54, 1.807) is 10.7 Å². The van der Waals surface area contributed by atoms with Gasteiger partial charge in [0.15, 0.2) is 0 Å². The SMILES string of the molecule is N#Cc1c(-c2ccccc2)c(C#N)c2c(Br)cnn2c1NCC1CCCNC1. The molecule has 0 radical (unpaired) electrons. The molecule has 7 heteroatoms. The summed E-state index contributed by atoms with van der Waals surface area (Å²) in [7, 11) is 0. The van der Waals surface area contributed by atoms with E-state index in [9.17, 15) is 10.5 Å². The molecule has 1 aromatic carbocycles. The van der Waals surface area contributed by atoms with Gasteiger partial charge >= 0.3 is 0 Å². The van der Waals surface area contributed by atoms with Gasteiger partial charge in [0, 0.05) is 12.1 Å². The van der Waals surface area contributed by atoms with E-state index < -0.39 is 0 Å². The van der Waals surface area contributed by atoms with E-state index in [2.05, 4.69) is 43.8 Å². The summed E-state index contributed by atoms with van der Waals surface area (Å²) >= 11 is 3.52. The Bertz CT molecular complexity index is 1080. The van der Waals surface area contributed by atoms with E-state index >= 15 is 0 Å². The predicted molar refractivity (Wildman–Crippen MR) is 112 cm³/mol. The van der Waals surface area contributed by atoms with Crippen molar-refractivity contribution in [1.29, 1.82) is 10.5 Å². The number of benzene rings is 1. The number of piperidine rings is 1. The van der Waals surface area contributed by atoms with Crippen molar-refractivity contribution in [3.8, 4) is 23.3 Å². The van der Waals surface area contributed by atoms with E-state index in [1.165, 1.54) is 0 Å². The second-order valence-electron chi connectivity index (χ2n) is 6.91. The van der Waals surface area contributed by atoms with Gasteiger partial charge < -0.3 is 10.6 Å². The highest BCUT2D eigenvalue weighted by Crippen LogP contribution is 2.37. The van der Waals surface area contributed by atoms with E-state index in [1.807, 2.05) is 30.3 Å². The van der Waals surface area contributed by atoms with Gasteiger partial charge in [-0.15, -0.1) is 0 Å². The molecular weight excluding hydrogens is 416 g/mol. The fraction of sp³-hybridized carbons (Fsp3) is 0.286. The topological polar surface area (TPSA) is 88.9 Å². The van der Waals surface area contributed by atoms with Crippen LogP contribution in [-0.2, 0) is 0 Å². The van der Waals surface area contributed by atoms with Crippen molar-refractivity contribution in [3.63, 3.8) is 0 Å². The van der Waals surface area contributed by atoms with E-state index in [0.717, 1.165) is 42.5 Å². The van der Waals surface area contributed by atoms with Gasteiger partial charge in [0.2, 0.25) is 0 Å². The molecule has 140 valence electrons. The number of fused-ring (bicyclic) bond motifs is 1. The molecule has 1 atom stereocenters. The molecule has 1 unspecified atom stereocenters. The van der Waals surface area contributed by atoms with Crippen LogP contribution in [0.5, 0.6) is 0 Å². The highest BCUT2D eigenvalue weighted by atomic mass is 79.9. The lowest BCUT2D eigenvalue weighted by molar-refractivity contribution is 0.392. The third-order valence-corrected chi connectivity index (χ3v) is 5.73. The predicted octanol–water partition coefficient (Wildman–Crippen LogP) is 3.92. The van der Waals surface area contributed by atoms with Gasteiger partial charge in [0.05, 0.1) is 16.2 Å². The van der Waals surface area contributed by atoms with Crippen molar-refractivity contribution in [2.45, 2.75) is 12.8 Å². The minimum absolute atomic E-state index is 0.439. The summed E-state index contributed by atoms with van der Waals surface area (Å²) in [5.41, 5.74) is 3.04.